The van der Waals surface area contributed by atoms with Crippen LogP contribution in [-0.4, -0.2) is 70.1 Å². The second kappa shape index (κ2) is 19.8. The summed E-state index contributed by atoms with van der Waals surface area (Å²) in [6.45, 7) is 7.11. The zero-order valence-corrected chi connectivity index (χ0v) is 16.2. The first-order valence-electron chi connectivity index (χ1n) is 8.79. The molecule has 27 heavy (non-hydrogen) atoms. The summed E-state index contributed by atoms with van der Waals surface area (Å²) < 4.78 is 15.3. The topological polar surface area (TPSA) is 158 Å². The molecule has 0 rings (SSSR count). The van der Waals surface area contributed by atoms with Gasteiger partial charge in [0.15, 0.2) is 0 Å². The van der Waals surface area contributed by atoms with Crippen LogP contribution < -0.4 is 21.7 Å². The van der Waals surface area contributed by atoms with E-state index in [1.54, 1.807) is 13.8 Å². The van der Waals surface area contributed by atoms with E-state index in [0.717, 1.165) is 6.54 Å². The summed E-state index contributed by atoms with van der Waals surface area (Å²) in [7, 11) is 0. The minimum Gasteiger partial charge on any atom is -0.447 e. The van der Waals surface area contributed by atoms with E-state index >= 15 is 0 Å². The van der Waals surface area contributed by atoms with Gasteiger partial charge in [0.05, 0.1) is 0 Å². The Morgan fingerprint density at radius 3 is 1.81 bits per heavy atom. The quantitative estimate of drug-likeness (QED) is 0.251. The number of rotatable bonds is 13. The molecule has 4 amide bonds. The predicted octanol–water partition coefficient (Wildman–Crippen LogP) is -0.118. The summed E-state index contributed by atoms with van der Waals surface area (Å²) >= 11 is 0. The Kier molecular flexibility index (Phi) is 19.5. The second-order valence-corrected chi connectivity index (χ2v) is 5.00. The zero-order chi connectivity index (χ0) is 20.9. The number of alkyl carbamates (subject to hydrolysis) is 2. The number of carbonyl (C=O) groups excluding carboxylic acids is 4. The minimum atomic E-state index is -0.613. The first-order valence-corrected chi connectivity index (χ1v) is 8.79. The molecular weight excluding hydrogens is 360 g/mol. The van der Waals surface area contributed by atoms with Crippen LogP contribution in [-0.2, 0) is 23.8 Å². The van der Waals surface area contributed by atoms with E-state index in [4.69, 9.17) is 19.9 Å². The first kappa shape index (κ1) is 26.7. The number of carbonyl (C=O) groups is 4. The van der Waals surface area contributed by atoms with Crippen LogP contribution in [0, 0.1) is 0 Å². The summed E-state index contributed by atoms with van der Waals surface area (Å²) in [6, 6.07) is 0. The van der Waals surface area contributed by atoms with Crippen LogP contribution >= 0.6 is 0 Å². The fourth-order valence-electron chi connectivity index (χ4n) is 1.45. The van der Waals surface area contributed by atoms with Crippen molar-refractivity contribution >= 4 is 24.5 Å². The average Bonchev–Trinajstić information content (AvgIpc) is 2.61. The monoisotopic (exact) mass is 392 g/mol. The Balaban J connectivity index is 0. The molecule has 0 aromatic carbocycles. The molecule has 0 bridgehead atoms. The van der Waals surface area contributed by atoms with Gasteiger partial charge >= 0.3 is 12.2 Å². The van der Waals surface area contributed by atoms with E-state index in [0.29, 0.717) is 25.9 Å². The molecule has 11 nitrogen and oxygen atoms in total. The Labute approximate surface area is 159 Å². The number of primary amides is 1. The summed E-state index contributed by atoms with van der Waals surface area (Å²) in [5, 5.41) is 7.37. The number of nitrogens with two attached hydrogens (primary N) is 1. The largest absolute Gasteiger partial charge is 0.447 e. The van der Waals surface area contributed by atoms with Gasteiger partial charge in [-0.05, 0) is 27.2 Å². The van der Waals surface area contributed by atoms with Crippen molar-refractivity contribution in [2.45, 2.75) is 39.7 Å². The van der Waals surface area contributed by atoms with Gasteiger partial charge in [-0.1, -0.05) is 0 Å². The number of nitrogens with one attached hydrogen (secondary N) is 3. The molecule has 5 N–H and O–H groups in total. The summed E-state index contributed by atoms with van der Waals surface area (Å²) in [5.41, 5.74) is 5.02. The van der Waals surface area contributed by atoms with Crippen molar-refractivity contribution in [1.29, 1.82) is 0 Å². The van der Waals surface area contributed by atoms with Crippen LogP contribution in [0.2, 0.25) is 0 Å². The van der Waals surface area contributed by atoms with Gasteiger partial charge in [0, 0.05) is 32.7 Å². The van der Waals surface area contributed by atoms with E-state index in [1.165, 1.54) is 0 Å². The third-order valence-electron chi connectivity index (χ3n) is 2.65. The van der Waals surface area contributed by atoms with Crippen molar-refractivity contribution in [3.8, 4) is 0 Å². The smallest absolute Gasteiger partial charge is 0.407 e. The number of amides is 4. The fraction of sp³-hybridized carbons (Fsp3) is 0.750. The van der Waals surface area contributed by atoms with Gasteiger partial charge in [-0.3, -0.25) is 9.59 Å². The first-order chi connectivity index (χ1) is 12.9. The van der Waals surface area contributed by atoms with E-state index in [-0.39, 0.29) is 26.2 Å². The Hall–Kier alpha value is -2.56. The summed E-state index contributed by atoms with van der Waals surface area (Å²) in [6.07, 6.45) is -0.453. The SMILES string of the molecule is CCNC(=O)OCC(COC(=O)NCC)OCCCC(N)=O.CCNC=O. The van der Waals surface area contributed by atoms with Gasteiger partial charge in [-0.2, -0.15) is 0 Å². The third-order valence-corrected chi connectivity index (χ3v) is 2.65. The third kappa shape index (κ3) is 21.4. The number of ether oxygens (including phenoxy) is 3. The fourth-order valence-corrected chi connectivity index (χ4v) is 1.45. The molecule has 11 heteroatoms. The zero-order valence-electron chi connectivity index (χ0n) is 16.2. The highest BCUT2D eigenvalue weighted by molar-refractivity contribution is 5.73. The Bertz CT molecular complexity index is 400. The summed E-state index contributed by atoms with van der Waals surface area (Å²) in [5.74, 6) is -0.419. The van der Waals surface area contributed by atoms with Crippen LogP contribution in [0.4, 0.5) is 9.59 Å². The molecule has 0 atom stereocenters. The lowest BCUT2D eigenvalue weighted by Crippen LogP contribution is -2.34. The maximum absolute atomic E-state index is 11.2. The van der Waals surface area contributed by atoms with Crippen molar-refractivity contribution in [3.63, 3.8) is 0 Å². The van der Waals surface area contributed by atoms with Gasteiger partial charge in [-0.15, -0.1) is 0 Å². The van der Waals surface area contributed by atoms with Crippen molar-refractivity contribution in [2.24, 2.45) is 5.73 Å². The van der Waals surface area contributed by atoms with Gasteiger partial charge in [0.25, 0.3) is 0 Å². The molecule has 0 aliphatic rings. The van der Waals surface area contributed by atoms with Crippen molar-refractivity contribution in [3.05, 3.63) is 0 Å². The molecule has 0 aliphatic heterocycles. The molecule has 0 aliphatic carbocycles. The highest BCUT2D eigenvalue weighted by Gasteiger charge is 2.15. The average molecular weight is 392 g/mol. The molecule has 0 saturated carbocycles. The van der Waals surface area contributed by atoms with Crippen LogP contribution in [0.5, 0.6) is 0 Å². The van der Waals surface area contributed by atoms with Crippen molar-refractivity contribution in [1.82, 2.24) is 16.0 Å². The van der Waals surface area contributed by atoms with E-state index in [9.17, 15) is 19.2 Å². The second-order valence-electron chi connectivity index (χ2n) is 5.00. The maximum Gasteiger partial charge on any atom is 0.407 e. The molecule has 158 valence electrons. The van der Waals surface area contributed by atoms with Crippen molar-refractivity contribution < 1.29 is 33.4 Å². The van der Waals surface area contributed by atoms with Crippen LogP contribution in [0.1, 0.15) is 33.6 Å². The lowest BCUT2D eigenvalue weighted by molar-refractivity contribution is -0.118. The number of hydrogen-bond donors (Lipinski definition) is 4. The van der Waals surface area contributed by atoms with E-state index < -0.39 is 24.2 Å². The van der Waals surface area contributed by atoms with Crippen LogP contribution in [0.3, 0.4) is 0 Å². The predicted molar refractivity (Wildman–Crippen MR) is 98.0 cm³/mol. The molecule has 0 radical (unpaired) electrons. The highest BCUT2D eigenvalue weighted by Crippen LogP contribution is 1.99. The molecule has 0 saturated heterocycles. The van der Waals surface area contributed by atoms with Crippen LogP contribution in [0.25, 0.3) is 0 Å². The molecule has 0 fully saturated rings. The molecule has 0 aromatic rings. The highest BCUT2D eigenvalue weighted by atomic mass is 16.6. The maximum atomic E-state index is 11.2. The molecular formula is C16H32N4O7. The van der Waals surface area contributed by atoms with E-state index in [1.807, 2.05) is 6.92 Å². The van der Waals surface area contributed by atoms with Gasteiger partial charge in [0.1, 0.15) is 19.3 Å². The number of hydrogen-bond acceptors (Lipinski definition) is 7. The molecule has 0 aromatic heterocycles. The van der Waals surface area contributed by atoms with Gasteiger partial charge < -0.3 is 35.9 Å². The Morgan fingerprint density at radius 2 is 1.48 bits per heavy atom. The standard InChI is InChI=1S/C13H25N3O6.C3H7NO/c1-3-15-12(18)21-8-10(9-22-13(19)16-4-2)20-7-5-6-11(14)17;1-2-4-3-5/h10H,3-9H2,1-2H3,(H2,14,17)(H,15,18)(H,16,19);3H,2H2,1H3,(H,4,5). The van der Waals surface area contributed by atoms with Gasteiger partial charge in [0.2, 0.25) is 12.3 Å². The molecule has 0 unspecified atom stereocenters. The van der Waals surface area contributed by atoms with Crippen LogP contribution in [0.15, 0.2) is 0 Å². The molecule has 0 heterocycles. The Morgan fingerprint density at radius 1 is 0.963 bits per heavy atom. The lowest BCUT2D eigenvalue weighted by Gasteiger charge is -2.18. The van der Waals surface area contributed by atoms with Crippen molar-refractivity contribution in [2.75, 3.05) is 39.5 Å². The lowest BCUT2D eigenvalue weighted by atomic mass is 10.3. The van der Waals surface area contributed by atoms with Gasteiger partial charge in [-0.25, -0.2) is 9.59 Å². The normalized spacial score (nSPS) is 9.48. The molecule has 0 spiro atoms. The van der Waals surface area contributed by atoms with E-state index in [2.05, 4.69) is 16.0 Å². The minimum absolute atomic E-state index is 0.0676. The summed E-state index contributed by atoms with van der Waals surface area (Å²) in [4.78, 5) is 42.4.